The van der Waals surface area contributed by atoms with E-state index < -0.39 is 12.0 Å². The van der Waals surface area contributed by atoms with Crippen molar-refractivity contribution in [3.05, 3.63) is 23.9 Å². The van der Waals surface area contributed by atoms with E-state index in [1.165, 1.54) is 12.3 Å². The van der Waals surface area contributed by atoms with Crippen LogP contribution in [0.3, 0.4) is 0 Å². The van der Waals surface area contributed by atoms with E-state index in [0.717, 1.165) is 0 Å². The highest BCUT2D eigenvalue weighted by atomic mass is 16.4. The van der Waals surface area contributed by atoms with Crippen molar-refractivity contribution in [3.8, 4) is 0 Å². The van der Waals surface area contributed by atoms with Crippen molar-refractivity contribution in [2.24, 2.45) is 5.73 Å². The van der Waals surface area contributed by atoms with Gasteiger partial charge in [-0.1, -0.05) is 0 Å². The summed E-state index contributed by atoms with van der Waals surface area (Å²) in [7, 11) is 0. The Morgan fingerprint density at radius 3 is 2.62 bits per heavy atom. The van der Waals surface area contributed by atoms with E-state index in [4.69, 9.17) is 10.8 Å². The molecular weight excluding hydrogens is 212 g/mol. The number of amides is 2. The average molecular weight is 224 g/mol. The van der Waals surface area contributed by atoms with Gasteiger partial charge in [0, 0.05) is 19.3 Å². The maximum Gasteiger partial charge on any atom is 0.337 e. The molecule has 7 nitrogen and oxygen atoms in total. The van der Waals surface area contributed by atoms with Gasteiger partial charge in [-0.2, -0.15) is 0 Å². The fourth-order valence-electron chi connectivity index (χ4n) is 1.00. The lowest BCUT2D eigenvalue weighted by Gasteiger charge is -2.05. The second kappa shape index (κ2) is 5.54. The van der Waals surface area contributed by atoms with Gasteiger partial charge in [-0.15, -0.1) is 0 Å². The number of hydrogen-bond donors (Lipinski definition) is 4. The van der Waals surface area contributed by atoms with Crippen LogP contribution in [-0.2, 0) is 0 Å². The van der Waals surface area contributed by atoms with Crippen molar-refractivity contribution in [1.29, 1.82) is 0 Å². The molecule has 1 aromatic heterocycles. The van der Waals surface area contributed by atoms with Crippen molar-refractivity contribution < 1.29 is 14.7 Å². The van der Waals surface area contributed by atoms with Crippen molar-refractivity contribution >= 4 is 17.8 Å². The number of nitrogens with two attached hydrogens (primary N) is 1. The Bertz CT molecular complexity index is 377. The monoisotopic (exact) mass is 224 g/mol. The van der Waals surface area contributed by atoms with Gasteiger partial charge in [-0.3, -0.25) is 0 Å². The summed E-state index contributed by atoms with van der Waals surface area (Å²) in [5, 5.41) is 13.9. The molecule has 0 atom stereocenters. The molecule has 0 saturated carbocycles. The van der Waals surface area contributed by atoms with Gasteiger partial charge in [-0.05, 0) is 12.1 Å². The Labute approximate surface area is 91.7 Å². The summed E-state index contributed by atoms with van der Waals surface area (Å²) in [6.45, 7) is 0.833. The third-order valence-corrected chi connectivity index (χ3v) is 1.74. The van der Waals surface area contributed by atoms with Crippen LogP contribution in [0.15, 0.2) is 18.3 Å². The maximum absolute atomic E-state index is 10.5. The first-order valence-corrected chi connectivity index (χ1v) is 4.56. The van der Waals surface area contributed by atoms with Gasteiger partial charge >= 0.3 is 12.0 Å². The van der Waals surface area contributed by atoms with Gasteiger partial charge in [0.2, 0.25) is 0 Å². The molecule has 0 spiro atoms. The maximum atomic E-state index is 10.5. The highest BCUT2D eigenvalue weighted by molar-refractivity contribution is 5.87. The fraction of sp³-hybridized carbons (Fsp3) is 0.222. The zero-order valence-corrected chi connectivity index (χ0v) is 8.43. The first-order chi connectivity index (χ1) is 7.59. The molecule has 0 radical (unpaired) electrons. The molecule has 86 valence electrons. The summed E-state index contributed by atoms with van der Waals surface area (Å²) >= 11 is 0. The van der Waals surface area contributed by atoms with E-state index >= 15 is 0 Å². The summed E-state index contributed by atoms with van der Waals surface area (Å²) < 4.78 is 0. The summed E-state index contributed by atoms with van der Waals surface area (Å²) in [6, 6.07) is 2.41. The largest absolute Gasteiger partial charge is 0.478 e. The van der Waals surface area contributed by atoms with Crippen LogP contribution in [-0.4, -0.2) is 35.2 Å². The third kappa shape index (κ3) is 3.82. The minimum atomic E-state index is -1.02. The molecule has 0 saturated heterocycles. The Morgan fingerprint density at radius 2 is 2.12 bits per heavy atom. The predicted octanol–water partition coefficient (Wildman–Crippen LogP) is -0.140. The molecule has 1 rings (SSSR count). The minimum absolute atomic E-state index is 0.126. The molecule has 2 amide bonds. The zero-order chi connectivity index (χ0) is 12.0. The smallest absolute Gasteiger partial charge is 0.337 e. The number of carbonyl (C=O) groups is 2. The van der Waals surface area contributed by atoms with Gasteiger partial charge in [0.25, 0.3) is 0 Å². The van der Waals surface area contributed by atoms with E-state index in [-0.39, 0.29) is 5.56 Å². The van der Waals surface area contributed by atoms with Crippen LogP contribution in [0.2, 0.25) is 0 Å². The number of primary amides is 1. The second-order valence-corrected chi connectivity index (χ2v) is 2.96. The van der Waals surface area contributed by atoms with E-state index in [2.05, 4.69) is 15.6 Å². The lowest BCUT2D eigenvalue weighted by Crippen LogP contribution is -2.33. The minimum Gasteiger partial charge on any atom is -0.478 e. The Morgan fingerprint density at radius 1 is 1.38 bits per heavy atom. The molecule has 0 unspecified atom stereocenters. The number of pyridine rings is 1. The number of aromatic carboxylic acids is 1. The Balaban J connectivity index is 2.38. The van der Waals surface area contributed by atoms with Crippen LogP contribution >= 0.6 is 0 Å². The average Bonchev–Trinajstić information content (AvgIpc) is 2.25. The highest BCUT2D eigenvalue weighted by Gasteiger charge is 2.02. The molecule has 0 bridgehead atoms. The van der Waals surface area contributed by atoms with E-state index in [9.17, 15) is 9.59 Å². The molecule has 1 aromatic rings. The van der Waals surface area contributed by atoms with E-state index in [1.807, 2.05) is 0 Å². The SMILES string of the molecule is NC(=O)NCCNc1ccc(C(=O)O)cn1. The number of carboxylic acid groups (broad SMARTS) is 1. The number of anilines is 1. The molecule has 0 aliphatic heterocycles. The van der Waals surface area contributed by atoms with E-state index in [1.54, 1.807) is 6.07 Å². The molecule has 1 heterocycles. The van der Waals surface area contributed by atoms with Gasteiger partial charge in [0.05, 0.1) is 5.56 Å². The summed E-state index contributed by atoms with van der Waals surface area (Å²) in [6.07, 6.45) is 1.26. The first-order valence-electron chi connectivity index (χ1n) is 4.56. The molecule has 16 heavy (non-hydrogen) atoms. The number of nitrogens with one attached hydrogen (secondary N) is 2. The quantitative estimate of drug-likeness (QED) is 0.519. The number of hydrogen-bond acceptors (Lipinski definition) is 4. The molecular formula is C9H12N4O3. The van der Waals surface area contributed by atoms with Gasteiger partial charge in [0.1, 0.15) is 5.82 Å². The highest BCUT2D eigenvalue weighted by Crippen LogP contribution is 2.04. The number of rotatable bonds is 5. The molecule has 0 fully saturated rings. The number of aromatic nitrogens is 1. The first kappa shape index (κ1) is 11.8. The predicted molar refractivity (Wildman–Crippen MR) is 57.3 cm³/mol. The van der Waals surface area contributed by atoms with Crippen molar-refractivity contribution in [2.75, 3.05) is 18.4 Å². The Kier molecular flexibility index (Phi) is 4.07. The molecule has 0 aliphatic rings. The van der Waals surface area contributed by atoms with Crippen LogP contribution in [0.5, 0.6) is 0 Å². The summed E-state index contributed by atoms with van der Waals surface area (Å²) in [5.74, 6) is -0.481. The zero-order valence-electron chi connectivity index (χ0n) is 8.43. The molecule has 7 heteroatoms. The van der Waals surface area contributed by atoms with Crippen LogP contribution in [0.25, 0.3) is 0 Å². The number of carboxylic acids is 1. The molecule has 0 aromatic carbocycles. The number of carbonyl (C=O) groups excluding carboxylic acids is 1. The van der Waals surface area contributed by atoms with Gasteiger partial charge in [-0.25, -0.2) is 14.6 Å². The summed E-state index contributed by atoms with van der Waals surface area (Å²) in [5.41, 5.74) is 4.99. The van der Waals surface area contributed by atoms with Crippen LogP contribution in [0.4, 0.5) is 10.6 Å². The van der Waals surface area contributed by atoms with Crippen LogP contribution in [0, 0.1) is 0 Å². The van der Waals surface area contributed by atoms with E-state index in [0.29, 0.717) is 18.9 Å². The number of urea groups is 1. The van der Waals surface area contributed by atoms with Gasteiger partial charge in [0.15, 0.2) is 0 Å². The molecule has 0 aliphatic carbocycles. The topological polar surface area (TPSA) is 117 Å². The molecule has 5 N–H and O–H groups in total. The normalized spacial score (nSPS) is 9.50. The standard InChI is InChI=1S/C9H12N4O3/c10-9(16)12-4-3-11-7-2-1-6(5-13-7)8(14)15/h1-2,5H,3-4H2,(H,11,13)(H,14,15)(H3,10,12,16). The summed E-state index contributed by atoms with van der Waals surface area (Å²) in [4.78, 5) is 24.7. The van der Waals surface area contributed by atoms with Crippen molar-refractivity contribution in [1.82, 2.24) is 10.3 Å². The van der Waals surface area contributed by atoms with Crippen molar-refractivity contribution in [2.45, 2.75) is 0 Å². The lowest BCUT2D eigenvalue weighted by atomic mass is 10.3. The number of nitrogens with zero attached hydrogens (tertiary/aromatic N) is 1. The second-order valence-electron chi connectivity index (χ2n) is 2.96. The van der Waals surface area contributed by atoms with Crippen LogP contribution < -0.4 is 16.4 Å². The Hall–Kier alpha value is -2.31. The fourth-order valence-corrected chi connectivity index (χ4v) is 1.00. The third-order valence-electron chi connectivity index (χ3n) is 1.74. The van der Waals surface area contributed by atoms with Crippen LogP contribution in [0.1, 0.15) is 10.4 Å². The van der Waals surface area contributed by atoms with Crippen molar-refractivity contribution in [3.63, 3.8) is 0 Å². The lowest BCUT2D eigenvalue weighted by molar-refractivity contribution is 0.0696. The van der Waals surface area contributed by atoms with Gasteiger partial charge < -0.3 is 21.5 Å².